The predicted molar refractivity (Wildman–Crippen MR) is 71.3 cm³/mol. The second-order valence-electron chi connectivity index (χ2n) is 4.31. The van der Waals surface area contributed by atoms with Crippen LogP contribution in [0.2, 0.25) is 0 Å². The fourth-order valence-corrected chi connectivity index (χ4v) is 2.33. The molecule has 0 aliphatic carbocycles. The van der Waals surface area contributed by atoms with Crippen LogP contribution in [-0.4, -0.2) is 6.54 Å². The lowest BCUT2D eigenvalue weighted by molar-refractivity contribution is 0.385. The molecule has 1 aliphatic rings. The van der Waals surface area contributed by atoms with Crippen LogP contribution in [0.5, 0.6) is 0 Å². The van der Waals surface area contributed by atoms with Gasteiger partial charge in [0.05, 0.1) is 0 Å². The number of halogens is 1. The fourth-order valence-electron chi connectivity index (χ4n) is 2.33. The summed E-state index contributed by atoms with van der Waals surface area (Å²) < 4.78 is 0. The fraction of sp³-hybridized carbons (Fsp3) is 0.286. The molecular weight excluding hydrogens is 218 g/mol. The molecule has 0 unspecified atom stereocenters. The maximum absolute atomic E-state index is 3.47. The molecule has 1 nitrogen and oxygen atoms in total. The Kier molecular flexibility index (Phi) is 3.17. The number of hydrogen-bond acceptors (Lipinski definition) is 1. The summed E-state index contributed by atoms with van der Waals surface area (Å²) >= 11 is 0. The van der Waals surface area contributed by atoms with Crippen molar-refractivity contribution in [3.8, 4) is 0 Å². The summed E-state index contributed by atoms with van der Waals surface area (Å²) in [5, 5.41) is 6.28. The highest BCUT2D eigenvalue weighted by Crippen LogP contribution is 2.31. The van der Waals surface area contributed by atoms with E-state index in [0.29, 0.717) is 6.04 Å². The third-order valence-electron chi connectivity index (χ3n) is 3.37. The molecule has 0 saturated carbocycles. The lowest BCUT2D eigenvalue weighted by Gasteiger charge is -2.29. The van der Waals surface area contributed by atoms with E-state index in [1.807, 2.05) is 0 Å². The molecule has 1 N–H and O–H groups in total. The highest BCUT2D eigenvalue weighted by Gasteiger charge is 2.20. The maximum Gasteiger partial charge on any atom is 0.0338 e. The monoisotopic (exact) mass is 233 g/mol. The molecule has 16 heavy (non-hydrogen) atoms. The van der Waals surface area contributed by atoms with E-state index >= 15 is 0 Å². The van der Waals surface area contributed by atoms with Gasteiger partial charge in [0.2, 0.25) is 0 Å². The number of fused-ring (bicyclic) bond motifs is 1. The Morgan fingerprint density at radius 2 is 1.75 bits per heavy atom. The van der Waals surface area contributed by atoms with Crippen molar-refractivity contribution in [3.05, 3.63) is 47.5 Å². The molecule has 2 heteroatoms. The third kappa shape index (κ3) is 1.70. The molecular formula is C14H16ClN. The highest BCUT2D eigenvalue weighted by atomic mass is 35.5. The van der Waals surface area contributed by atoms with Crippen LogP contribution in [0, 0.1) is 6.92 Å². The van der Waals surface area contributed by atoms with Gasteiger partial charge >= 0.3 is 0 Å². The molecule has 0 bridgehead atoms. The van der Waals surface area contributed by atoms with Gasteiger partial charge in [-0.3, -0.25) is 0 Å². The van der Waals surface area contributed by atoms with Crippen LogP contribution in [-0.2, 0) is 0 Å². The van der Waals surface area contributed by atoms with Gasteiger partial charge in [0.15, 0.2) is 0 Å². The highest BCUT2D eigenvalue weighted by molar-refractivity contribution is 5.89. The van der Waals surface area contributed by atoms with Gasteiger partial charge in [0.25, 0.3) is 0 Å². The van der Waals surface area contributed by atoms with Gasteiger partial charge in [-0.2, -0.15) is 0 Å². The van der Waals surface area contributed by atoms with Gasteiger partial charge in [-0.25, -0.2) is 0 Å². The summed E-state index contributed by atoms with van der Waals surface area (Å²) in [5.41, 5.74) is 2.83. The van der Waals surface area contributed by atoms with E-state index < -0.39 is 0 Å². The lowest BCUT2D eigenvalue weighted by Crippen LogP contribution is -2.35. The van der Waals surface area contributed by atoms with E-state index in [0.717, 1.165) is 6.54 Å². The van der Waals surface area contributed by atoms with Crippen molar-refractivity contribution in [3.63, 3.8) is 0 Å². The molecule has 0 spiro atoms. The van der Waals surface area contributed by atoms with Crippen molar-refractivity contribution in [1.29, 1.82) is 0 Å². The predicted octanol–water partition coefficient (Wildman–Crippen LogP) is 3.60. The zero-order chi connectivity index (χ0) is 10.3. The van der Waals surface area contributed by atoms with Crippen molar-refractivity contribution < 1.29 is 0 Å². The van der Waals surface area contributed by atoms with E-state index in [2.05, 4.69) is 48.6 Å². The molecule has 2 aromatic carbocycles. The van der Waals surface area contributed by atoms with Gasteiger partial charge in [-0.05, 0) is 41.8 Å². The number of nitrogens with one attached hydrogen (secondary N) is 1. The number of rotatable bonds is 1. The second kappa shape index (κ2) is 4.44. The summed E-state index contributed by atoms with van der Waals surface area (Å²) in [7, 11) is 0. The molecule has 1 saturated heterocycles. The van der Waals surface area contributed by atoms with Gasteiger partial charge in [0.1, 0.15) is 0 Å². The van der Waals surface area contributed by atoms with Crippen LogP contribution in [0.1, 0.15) is 23.6 Å². The van der Waals surface area contributed by atoms with Crippen molar-refractivity contribution in [2.45, 2.75) is 19.4 Å². The summed E-state index contributed by atoms with van der Waals surface area (Å²) in [4.78, 5) is 0. The Hall–Kier alpha value is -1.05. The molecule has 1 heterocycles. The first-order valence-corrected chi connectivity index (χ1v) is 5.58. The van der Waals surface area contributed by atoms with Crippen LogP contribution in [0.4, 0.5) is 0 Å². The van der Waals surface area contributed by atoms with E-state index in [4.69, 9.17) is 0 Å². The Labute approximate surface area is 102 Å². The third-order valence-corrected chi connectivity index (χ3v) is 3.37. The second-order valence-corrected chi connectivity index (χ2v) is 4.31. The standard InChI is InChI=1S/C14H15N.ClH/c1-10-6-7-13(14-8-9-15-14)12-5-3-2-4-11(10)12;/h2-7,14-15H,8-9H2,1H3;1H/t14-;/m1./s1. The molecule has 0 radical (unpaired) electrons. The van der Waals surface area contributed by atoms with Crippen LogP contribution < -0.4 is 5.32 Å². The number of benzene rings is 2. The minimum absolute atomic E-state index is 0. The van der Waals surface area contributed by atoms with E-state index in [1.165, 1.54) is 28.3 Å². The summed E-state index contributed by atoms with van der Waals surface area (Å²) in [6, 6.07) is 13.8. The molecule has 0 aromatic heterocycles. The summed E-state index contributed by atoms with van der Waals surface area (Å²) in [6.07, 6.45) is 1.27. The number of aryl methyl sites for hydroxylation is 1. The largest absolute Gasteiger partial charge is 0.310 e. The van der Waals surface area contributed by atoms with Crippen molar-refractivity contribution >= 4 is 23.2 Å². The molecule has 3 rings (SSSR count). The molecule has 0 amide bonds. The molecule has 1 aliphatic heterocycles. The normalized spacial score (nSPS) is 18.9. The van der Waals surface area contributed by atoms with Gasteiger partial charge in [-0.1, -0.05) is 36.4 Å². The Morgan fingerprint density at radius 1 is 1.06 bits per heavy atom. The first kappa shape index (κ1) is 11.4. The SMILES string of the molecule is Cc1ccc([C@H]2CCN2)c2ccccc12.Cl. The zero-order valence-electron chi connectivity index (χ0n) is 9.36. The van der Waals surface area contributed by atoms with Crippen LogP contribution >= 0.6 is 12.4 Å². The van der Waals surface area contributed by atoms with Crippen LogP contribution in [0.25, 0.3) is 10.8 Å². The Balaban J connectivity index is 0.000000963. The van der Waals surface area contributed by atoms with Crippen molar-refractivity contribution in [1.82, 2.24) is 5.32 Å². The Bertz CT molecular complexity index is 503. The van der Waals surface area contributed by atoms with Gasteiger partial charge < -0.3 is 5.32 Å². The molecule has 2 aromatic rings. The van der Waals surface area contributed by atoms with Crippen molar-refractivity contribution in [2.24, 2.45) is 0 Å². The average molecular weight is 234 g/mol. The lowest BCUT2D eigenvalue weighted by atomic mass is 9.91. The maximum atomic E-state index is 3.47. The number of hydrogen-bond donors (Lipinski definition) is 1. The van der Waals surface area contributed by atoms with E-state index in [9.17, 15) is 0 Å². The topological polar surface area (TPSA) is 12.0 Å². The smallest absolute Gasteiger partial charge is 0.0338 e. The molecule has 1 fully saturated rings. The summed E-state index contributed by atoms with van der Waals surface area (Å²) in [5.74, 6) is 0. The minimum atomic E-state index is 0. The summed E-state index contributed by atoms with van der Waals surface area (Å²) in [6.45, 7) is 3.34. The quantitative estimate of drug-likeness (QED) is 0.794. The Morgan fingerprint density at radius 3 is 2.38 bits per heavy atom. The first-order chi connectivity index (χ1) is 7.36. The first-order valence-electron chi connectivity index (χ1n) is 5.58. The molecule has 84 valence electrons. The average Bonchev–Trinajstić information content (AvgIpc) is 2.20. The molecule has 1 atom stereocenters. The van der Waals surface area contributed by atoms with E-state index in [-0.39, 0.29) is 12.4 Å². The zero-order valence-corrected chi connectivity index (χ0v) is 10.2. The minimum Gasteiger partial charge on any atom is -0.310 e. The van der Waals surface area contributed by atoms with Gasteiger partial charge in [-0.15, -0.1) is 12.4 Å². The van der Waals surface area contributed by atoms with Gasteiger partial charge in [0, 0.05) is 6.04 Å². The van der Waals surface area contributed by atoms with Crippen LogP contribution in [0.3, 0.4) is 0 Å². The van der Waals surface area contributed by atoms with Crippen molar-refractivity contribution in [2.75, 3.05) is 6.54 Å². The van der Waals surface area contributed by atoms with E-state index in [1.54, 1.807) is 0 Å². The van der Waals surface area contributed by atoms with Crippen LogP contribution in [0.15, 0.2) is 36.4 Å².